The number of aliphatic imine (C=N–C) groups is 1. The lowest BCUT2D eigenvalue weighted by Gasteiger charge is -2.30. The monoisotopic (exact) mass is 555 g/mol. The highest BCUT2D eigenvalue weighted by molar-refractivity contribution is 14.0. The minimum atomic E-state index is -0.184. The number of nitrogens with one attached hydrogen (secondary N) is 2. The maximum absolute atomic E-state index is 11.4. The van der Waals surface area contributed by atoms with E-state index in [2.05, 4.69) is 20.5 Å². The summed E-state index contributed by atoms with van der Waals surface area (Å²) in [6.45, 7) is 8.27. The molecule has 1 amide bonds. The Bertz CT molecular complexity index is 689. The van der Waals surface area contributed by atoms with Crippen molar-refractivity contribution in [2.45, 2.75) is 39.2 Å². The highest BCUT2D eigenvalue weighted by Gasteiger charge is 2.23. The van der Waals surface area contributed by atoms with Crippen LogP contribution in [0.2, 0.25) is 10.0 Å². The normalized spacial score (nSPS) is 18.6. The molecule has 1 aromatic carbocycles. The summed E-state index contributed by atoms with van der Waals surface area (Å²) in [7, 11) is 0. The summed E-state index contributed by atoms with van der Waals surface area (Å²) in [5, 5.41) is 7.92. The number of halogens is 3. The highest BCUT2D eigenvalue weighted by atomic mass is 127. The second-order valence-corrected chi connectivity index (χ2v) is 8.03. The van der Waals surface area contributed by atoms with Gasteiger partial charge in [0.1, 0.15) is 0 Å². The summed E-state index contributed by atoms with van der Waals surface area (Å²) < 4.78 is 0. The first kappa shape index (κ1) is 26.3. The molecule has 1 heterocycles. The number of nitrogens with two attached hydrogens (primary N) is 1. The maximum atomic E-state index is 11.4. The second-order valence-electron chi connectivity index (χ2n) is 7.19. The molecule has 1 saturated heterocycles. The average molecular weight is 556 g/mol. The topological polar surface area (TPSA) is 82.8 Å². The van der Waals surface area contributed by atoms with Gasteiger partial charge in [0.2, 0.25) is 5.91 Å². The Morgan fingerprint density at radius 3 is 2.83 bits per heavy atom. The van der Waals surface area contributed by atoms with Gasteiger partial charge in [0, 0.05) is 29.7 Å². The third-order valence-electron chi connectivity index (χ3n) is 4.94. The standard InChI is InChI=1S/C20H31Cl2N5O.HI/c1-3-24-20(26-14(2)17-8-7-16(21)12-18(17)22)25-9-5-11-27-10-4-6-15(13-27)19(23)28;/h7-8,12,14-15H,3-6,9-11,13H2,1-2H3,(H2,23,28)(H2,24,25,26);1H. The fourth-order valence-corrected chi connectivity index (χ4v) is 4.00. The van der Waals surface area contributed by atoms with Crippen LogP contribution in [0.15, 0.2) is 23.2 Å². The molecule has 2 unspecified atom stereocenters. The number of hydrogen-bond donors (Lipinski definition) is 3. The van der Waals surface area contributed by atoms with E-state index >= 15 is 0 Å². The van der Waals surface area contributed by atoms with Crippen molar-refractivity contribution in [1.29, 1.82) is 0 Å². The fraction of sp³-hybridized carbons (Fsp3) is 0.600. The van der Waals surface area contributed by atoms with Crippen LogP contribution in [0.4, 0.5) is 0 Å². The van der Waals surface area contributed by atoms with Crippen LogP contribution < -0.4 is 16.4 Å². The number of carbonyl (C=O) groups excluding carboxylic acids is 1. The highest BCUT2D eigenvalue weighted by Crippen LogP contribution is 2.26. The molecule has 2 atom stereocenters. The molecule has 4 N–H and O–H groups in total. The summed E-state index contributed by atoms with van der Waals surface area (Å²) in [4.78, 5) is 18.4. The van der Waals surface area contributed by atoms with Gasteiger partial charge in [-0.25, -0.2) is 0 Å². The average Bonchev–Trinajstić information content (AvgIpc) is 2.65. The van der Waals surface area contributed by atoms with Crippen molar-refractivity contribution < 1.29 is 4.79 Å². The van der Waals surface area contributed by atoms with Crippen molar-refractivity contribution in [3.05, 3.63) is 33.8 Å². The number of rotatable bonds is 8. The first-order valence-electron chi connectivity index (χ1n) is 9.92. The molecule has 6 nitrogen and oxygen atoms in total. The number of guanidine groups is 1. The molecule has 0 radical (unpaired) electrons. The third-order valence-corrected chi connectivity index (χ3v) is 5.50. The van der Waals surface area contributed by atoms with Gasteiger partial charge in [0.25, 0.3) is 0 Å². The van der Waals surface area contributed by atoms with Crippen molar-refractivity contribution in [3.8, 4) is 0 Å². The summed E-state index contributed by atoms with van der Waals surface area (Å²) in [5.74, 6) is 0.562. The van der Waals surface area contributed by atoms with Gasteiger partial charge in [0.05, 0.1) is 12.0 Å². The Kier molecular flexibility index (Phi) is 12.2. The van der Waals surface area contributed by atoms with Crippen LogP contribution in [-0.2, 0) is 4.79 Å². The van der Waals surface area contributed by atoms with E-state index in [4.69, 9.17) is 28.9 Å². The number of likely N-dealkylation sites (tertiary alicyclic amines) is 1. The zero-order valence-corrected chi connectivity index (χ0v) is 20.9. The molecule has 0 aliphatic carbocycles. The van der Waals surface area contributed by atoms with Crippen molar-refractivity contribution in [3.63, 3.8) is 0 Å². The SMILES string of the molecule is CCNC(=NCCCN1CCCC(C(N)=O)C1)NC(C)c1ccc(Cl)cc1Cl.I. The summed E-state index contributed by atoms with van der Waals surface area (Å²) in [5.41, 5.74) is 6.42. The first-order valence-corrected chi connectivity index (χ1v) is 10.7. The number of primary amides is 1. The van der Waals surface area contributed by atoms with Gasteiger partial charge in [-0.1, -0.05) is 29.3 Å². The maximum Gasteiger partial charge on any atom is 0.221 e. The number of benzene rings is 1. The van der Waals surface area contributed by atoms with Crippen LogP contribution in [0.3, 0.4) is 0 Å². The quantitative estimate of drug-likeness (QED) is 0.197. The van der Waals surface area contributed by atoms with Gasteiger partial charge in [-0.05, 0) is 63.9 Å². The van der Waals surface area contributed by atoms with Crippen LogP contribution in [-0.4, -0.2) is 49.5 Å². The van der Waals surface area contributed by atoms with Crippen molar-refractivity contribution in [1.82, 2.24) is 15.5 Å². The minimum absolute atomic E-state index is 0. The number of amides is 1. The van der Waals surface area contributed by atoms with Crippen molar-refractivity contribution >= 4 is 59.0 Å². The van der Waals surface area contributed by atoms with E-state index in [-0.39, 0.29) is 41.8 Å². The predicted molar refractivity (Wildman–Crippen MR) is 132 cm³/mol. The fourth-order valence-electron chi connectivity index (χ4n) is 3.43. The predicted octanol–water partition coefficient (Wildman–Crippen LogP) is 3.81. The molecule has 0 saturated carbocycles. The molecule has 1 fully saturated rings. The lowest BCUT2D eigenvalue weighted by atomic mass is 9.97. The van der Waals surface area contributed by atoms with Crippen molar-refractivity contribution in [2.75, 3.05) is 32.7 Å². The molecule has 0 spiro atoms. The molecule has 1 aliphatic heterocycles. The molecular formula is C20H32Cl2IN5O. The van der Waals surface area contributed by atoms with E-state index in [0.29, 0.717) is 16.6 Å². The molecule has 9 heteroatoms. The summed E-state index contributed by atoms with van der Waals surface area (Å²) in [6, 6.07) is 5.51. The largest absolute Gasteiger partial charge is 0.369 e. The minimum Gasteiger partial charge on any atom is -0.369 e. The Balaban J connectivity index is 0.00000420. The molecule has 1 aromatic rings. The van der Waals surface area contributed by atoms with Gasteiger partial charge < -0.3 is 21.3 Å². The molecule has 0 bridgehead atoms. The smallest absolute Gasteiger partial charge is 0.221 e. The Labute approximate surface area is 201 Å². The van der Waals surface area contributed by atoms with Gasteiger partial charge in [-0.3, -0.25) is 9.79 Å². The first-order chi connectivity index (χ1) is 13.4. The number of carbonyl (C=O) groups is 1. The molecule has 2 rings (SSSR count). The van der Waals surface area contributed by atoms with Crippen molar-refractivity contribution in [2.24, 2.45) is 16.6 Å². The molecule has 29 heavy (non-hydrogen) atoms. The van der Waals surface area contributed by atoms with Crippen LogP contribution in [0.25, 0.3) is 0 Å². The van der Waals surface area contributed by atoms with Gasteiger partial charge in [0.15, 0.2) is 5.96 Å². The zero-order valence-electron chi connectivity index (χ0n) is 17.1. The van der Waals surface area contributed by atoms with Crippen LogP contribution in [0, 0.1) is 5.92 Å². The van der Waals surface area contributed by atoms with Gasteiger partial charge in [-0.15, -0.1) is 24.0 Å². The van der Waals surface area contributed by atoms with Crippen LogP contribution in [0.1, 0.15) is 44.7 Å². The van der Waals surface area contributed by atoms with E-state index < -0.39 is 0 Å². The number of nitrogens with zero attached hydrogens (tertiary/aromatic N) is 2. The third kappa shape index (κ3) is 8.86. The summed E-state index contributed by atoms with van der Waals surface area (Å²) >= 11 is 12.3. The summed E-state index contributed by atoms with van der Waals surface area (Å²) in [6.07, 6.45) is 2.86. The number of hydrogen-bond acceptors (Lipinski definition) is 3. The lowest BCUT2D eigenvalue weighted by Crippen LogP contribution is -2.41. The second kappa shape index (κ2) is 13.5. The Morgan fingerprint density at radius 2 is 2.17 bits per heavy atom. The van der Waals surface area contributed by atoms with E-state index in [1.165, 1.54) is 0 Å². The zero-order chi connectivity index (χ0) is 20.5. The number of piperidine rings is 1. The van der Waals surface area contributed by atoms with Gasteiger partial charge in [-0.2, -0.15) is 0 Å². The molecular weight excluding hydrogens is 524 g/mol. The molecule has 1 aliphatic rings. The van der Waals surface area contributed by atoms with Crippen LogP contribution in [0.5, 0.6) is 0 Å². The van der Waals surface area contributed by atoms with E-state index in [1.54, 1.807) is 6.07 Å². The molecule has 164 valence electrons. The van der Waals surface area contributed by atoms with E-state index in [1.807, 2.05) is 26.0 Å². The van der Waals surface area contributed by atoms with E-state index in [0.717, 1.165) is 57.0 Å². The van der Waals surface area contributed by atoms with E-state index in [9.17, 15) is 4.79 Å². The Morgan fingerprint density at radius 1 is 1.41 bits per heavy atom. The Hall–Kier alpha value is -0.770. The lowest BCUT2D eigenvalue weighted by molar-refractivity contribution is -0.123. The van der Waals surface area contributed by atoms with Crippen LogP contribution >= 0.6 is 47.2 Å². The molecule has 0 aromatic heterocycles. The van der Waals surface area contributed by atoms with Gasteiger partial charge >= 0.3 is 0 Å².